The highest BCUT2D eigenvalue weighted by atomic mass is 32.2. The van der Waals surface area contributed by atoms with Crippen molar-refractivity contribution < 1.29 is 13.6 Å². The van der Waals surface area contributed by atoms with Crippen LogP contribution in [0.5, 0.6) is 0 Å². The average Bonchev–Trinajstić information content (AvgIpc) is 3.26. The molecule has 4 aromatic rings. The summed E-state index contributed by atoms with van der Waals surface area (Å²) in [5.41, 5.74) is 7.97. The summed E-state index contributed by atoms with van der Waals surface area (Å²) in [6.45, 7) is 0. The minimum absolute atomic E-state index is 0.00588. The van der Waals surface area contributed by atoms with Crippen molar-refractivity contribution in [3.8, 4) is 0 Å². The molecule has 1 aromatic heterocycles. The van der Waals surface area contributed by atoms with E-state index in [1.54, 1.807) is 55.6 Å². The van der Waals surface area contributed by atoms with E-state index < -0.39 is 16.1 Å². The number of para-hydroxylation sites is 1. The number of hydrogen-bond acceptors (Lipinski definition) is 6. The number of benzene rings is 3. The Morgan fingerprint density at radius 1 is 1.09 bits per heavy atom. The van der Waals surface area contributed by atoms with Crippen LogP contribution in [-0.4, -0.2) is 35.8 Å². The Bertz CT molecular complexity index is 1340. The lowest BCUT2D eigenvalue weighted by molar-refractivity contribution is 0.318. The largest absolute Gasteiger partial charge is 0.409 e. The maximum absolute atomic E-state index is 13.4. The number of nitrogens with zero attached hydrogens (tertiary/aromatic N) is 3. The molecule has 0 bridgehead atoms. The zero-order valence-electron chi connectivity index (χ0n) is 17.3. The van der Waals surface area contributed by atoms with Crippen LogP contribution in [0.1, 0.15) is 22.2 Å². The SMILES string of the molecule is CN(C(Cc1cccc(C(N)=NO)c1)c1nc2ccccc2s1)S(=O)(=O)c1ccccc1. The number of thiazole rings is 1. The summed E-state index contributed by atoms with van der Waals surface area (Å²) in [5.74, 6) is -0.00588. The molecule has 3 aromatic carbocycles. The second-order valence-corrected chi connectivity index (χ2v) is 10.3. The first-order chi connectivity index (χ1) is 15.4. The van der Waals surface area contributed by atoms with Gasteiger partial charge < -0.3 is 10.9 Å². The summed E-state index contributed by atoms with van der Waals surface area (Å²) < 4.78 is 29.2. The quantitative estimate of drug-likeness (QED) is 0.185. The van der Waals surface area contributed by atoms with Gasteiger partial charge in [-0.2, -0.15) is 4.31 Å². The molecule has 9 heteroatoms. The number of hydrogen-bond donors (Lipinski definition) is 2. The second-order valence-electron chi connectivity index (χ2n) is 7.26. The summed E-state index contributed by atoms with van der Waals surface area (Å²) in [5, 5.41) is 12.8. The third-order valence-electron chi connectivity index (χ3n) is 5.21. The van der Waals surface area contributed by atoms with Gasteiger partial charge in [0.05, 0.1) is 21.2 Å². The van der Waals surface area contributed by atoms with E-state index in [-0.39, 0.29) is 10.7 Å². The lowest BCUT2D eigenvalue weighted by Gasteiger charge is -2.26. The molecule has 0 saturated carbocycles. The summed E-state index contributed by atoms with van der Waals surface area (Å²) in [6.07, 6.45) is 0.370. The number of fused-ring (bicyclic) bond motifs is 1. The first-order valence-corrected chi connectivity index (χ1v) is 12.1. The fourth-order valence-electron chi connectivity index (χ4n) is 3.47. The van der Waals surface area contributed by atoms with Crippen molar-refractivity contribution in [3.05, 3.63) is 95.0 Å². The molecular weight excluding hydrogens is 444 g/mol. The van der Waals surface area contributed by atoms with Crippen LogP contribution in [0.2, 0.25) is 0 Å². The maximum Gasteiger partial charge on any atom is 0.243 e. The van der Waals surface area contributed by atoms with E-state index in [0.29, 0.717) is 17.0 Å². The van der Waals surface area contributed by atoms with Gasteiger partial charge in [0.2, 0.25) is 10.0 Å². The lowest BCUT2D eigenvalue weighted by Crippen LogP contribution is -2.32. The summed E-state index contributed by atoms with van der Waals surface area (Å²) >= 11 is 1.47. The van der Waals surface area contributed by atoms with Gasteiger partial charge in [-0.15, -0.1) is 11.3 Å². The highest BCUT2D eigenvalue weighted by Gasteiger charge is 2.31. The highest BCUT2D eigenvalue weighted by Crippen LogP contribution is 2.34. The molecule has 0 amide bonds. The van der Waals surface area contributed by atoms with Crippen LogP contribution in [0.15, 0.2) is 88.9 Å². The topological polar surface area (TPSA) is 109 Å². The average molecular weight is 467 g/mol. The van der Waals surface area contributed by atoms with Gasteiger partial charge in [0, 0.05) is 12.6 Å². The van der Waals surface area contributed by atoms with E-state index in [9.17, 15) is 8.42 Å². The number of sulfonamides is 1. The number of rotatable bonds is 7. The van der Waals surface area contributed by atoms with Crippen LogP contribution < -0.4 is 5.73 Å². The van der Waals surface area contributed by atoms with E-state index in [1.165, 1.54) is 15.6 Å². The molecule has 1 heterocycles. The van der Waals surface area contributed by atoms with Crippen LogP contribution in [0.3, 0.4) is 0 Å². The lowest BCUT2D eigenvalue weighted by atomic mass is 10.0. The fraction of sp³-hybridized carbons (Fsp3) is 0.130. The number of oxime groups is 1. The molecule has 7 nitrogen and oxygen atoms in total. The van der Waals surface area contributed by atoms with Gasteiger partial charge in [0.25, 0.3) is 0 Å². The van der Waals surface area contributed by atoms with Crippen LogP contribution in [0.4, 0.5) is 0 Å². The fourth-order valence-corrected chi connectivity index (χ4v) is 5.99. The van der Waals surface area contributed by atoms with Crippen LogP contribution >= 0.6 is 11.3 Å². The van der Waals surface area contributed by atoms with Crippen LogP contribution in [0, 0.1) is 0 Å². The molecule has 0 spiro atoms. The monoisotopic (exact) mass is 466 g/mol. The van der Waals surface area contributed by atoms with Gasteiger partial charge >= 0.3 is 0 Å². The van der Waals surface area contributed by atoms with Crippen molar-refractivity contribution in [3.63, 3.8) is 0 Å². The third-order valence-corrected chi connectivity index (χ3v) is 8.23. The predicted octanol–water partition coefficient (Wildman–Crippen LogP) is 4.00. The molecule has 0 saturated heterocycles. The Balaban J connectivity index is 1.78. The van der Waals surface area contributed by atoms with Crippen molar-refractivity contribution in [1.82, 2.24) is 9.29 Å². The van der Waals surface area contributed by atoms with Crippen molar-refractivity contribution in [1.29, 1.82) is 0 Å². The molecule has 3 N–H and O–H groups in total. The van der Waals surface area contributed by atoms with Gasteiger partial charge in [-0.3, -0.25) is 0 Å². The molecule has 1 unspecified atom stereocenters. The zero-order valence-corrected chi connectivity index (χ0v) is 18.9. The molecule has 0 aliphatic rings. The van der Waals surface area contributed by atoms with E-state index in [0.717, 1.165) is 15.8 Å². The normalized spacial score (nSPS) is 13.5. The molecule has 32 heavy (non-hydrogen) atoms. The third kappa shape index (κ3) is 4.36. The zero-order chi connectivity index (χ0) is 22.7. The summed E-state index contributed by atoms with van der Waals surface area (Å²) in [7, 11) is -2.19. The molecular formula is C23H22N4O3S2. The van der Waals surface area contributed by atoms with Gasteiger partial charge in [0.15, 0.2) is 5.84 Å². The molecule has 4 rings (SSSR count). The molecule has 1 atom stereocenters. The van der Waals surface area contributed by atoms with Crippen molar-refractivity contribution >= 4 is 37.4 Å². The maximum atomic E-state index is 13.4. The minimum Gasteiger partial charge on any atom is -0.409 e. The second kappa shape index (κ2) is 9.07. The standard InChI is InChI=1S/C23H22N4O3S2/c1-27(32(29,30)18-10-3-2-4-11-18)20(23-25-19-12-5-6-13-21(19)31-23)15-16-8-7-9-17(14-16)22(24)26-28/h2-14,20,28H,15H2,1H3,(H2,24,26). The summed E-state index contributed by atoms with van der Waals surface area (Å²) in [6, 6.07) is 22.7. The van der Waals surface area contributed by atoms with Gasteiger partial charge in [0.1, 0.15) is 5.01 Å². The van der Waals surface area contributed by atoms with Gasteiger partial charge in [-0.05, 0) is 42.3 Å². The first-order valence-electron chi connectivity index (χ1n) is 9.85. The van der Waals surface area contributed by atoms with E-state index in [2.05, 4.69) is 5.16 Å². The Hall–Kier alpha value is -3.27. The van der Waals surface area contributed by atoms with E-state index in [1.807, 2.05) is 30.3 Å². The van der Waals surface area contributed by atoms with E-state index in [4.69, 9.17) is 15.9 Å². The molecule has 0 aliphatic carbocycles. The van der Waals surface area contributed by atoms with E-state index >= 15 is 0 Å². The molecule has 0 fully saturated rings. The number of likely N-dealkylation sites (N-methyl/N-ethyl adjacent to an activating group) is 1. The Morgan fingerprint density at radius 3 is 2.53 bits per heavy atom. The van der Waals surface area contributed by atoms with Crippen molar-refractivity contribution in [2.75, 3.05) is 7.05 Å². The molecule has 164 valence electrons. The Morgan fingerprint density at radius 2 is 1.81 bits per heavy atom. The number of amidine groups is 1. The van der Waals surface area contributed by atoms with Crippen LogP contribution in [-0.2, 0) is 16.4 Å². The van der Waals surface area contributed by atoms with Crippen molar-refractivity contribution in [2.24, 2.45) is 10.9 Å². The smallest absolute Gasteiger partial charge is 0.243 e. The number of nitrogens with two attached hydrogens (primary N) is 1. The molecule has 0 aliphatic heterocycles. The van der Waals surface area contributed by atoms with Crippen LogP contribution in [0.25, 0.3) is 10.2 Å². The summed E-state index contributed by atoms with van der Waals surface area (Å²) in [4.78, 5) is 4.96. The molecule has 0 radical (unpaired) electrons. The van der Waals surface area contributed by atoms with Crippen molar-refractivity contribution in [2.45, 2.75) is 17.4 Å². The van der Waals surface area contributed by atoms with Gasteiger partial charge in [-0.25, -0.2) is 13.4 Å². The first kappa shape index (κ1) is 21.9. The number of aromatic nitrogens is 1. The predicted molar refractivity (Wildman–Crippen MR) is 126 cm³/mol. The Labute approximate surface area is 190 Å². The Kier molecular flexibility index (Phi) is 6.22. The highest BCUT2D eigenvalue weighted by molar-refractivity contribution is 7.89. The minimum atomic E-state index is -3.76. The van der Waals surface area contributed by atoms with Gasteiger partial charge in [-0.1, -0.05) is 53.7 Å².